The molecule has 4 heteroatoms. The van der Waals surface area contributed by atoms with Crippen molar-refractivity contribution in [3.8, 4) is 0 Å². The molecule has 0 aliphatic carbocycles. The van der Waals surface area contributed by atoms with Crippen molar-refractivity contribution >= 4 is 17.5 Å². The van der Waals surface area contributed by atoms with Crippen LogP contribution in [0.3, 0.4) is 0 Å². The molecule has 2 aromatic carbocycles. The smallest absolute Gasteiger partial charge is 0.251 e. The quantitative estimate of drug-likeness (QED) is 0.945. The van der Waals surface area contributed by atoms with E-state index in [1.54, 1.807) is 17.0 Å². The molecule has 1 heterocycles. The van der Waals surface area contributed by atoms with Crippen LogP contribution in [0.4, 0.5) is 5.69 Å². The molecule has 4 nitrogen and oxygen atoms in total. The summed E-state index contributed by atoms with van der Waals surface area (Å²) in [6.45, 7) is 2.64. The summed E-state index contributed by atoms with van der Waals surface area (Å²) in [4.78, 5) is 26.4. The third-order valence-electron chi connectivity index (χ3n) is 3.89. The SMILES string of the molecule is Cc1ccc(N2CC[C@@H](NC(=O)c3ccccc3)C2=O)cc1. The molecule has 1 atom stereocenters. The molecule has 0 bridgehead atoms. The van der Waals surface area contributed by atoms with Gasteiger partial charge in [-0.1, -0.05) is 35.9 Å². The maximum absolute atomic E-state index is 12.5. The lowest BCUT2D eigenvalue weighted by atomic mass is 10.2. The zero-order chi connectivity index (χ0) is 15.5. The average Bonchev–Trinajstić information content (AvgIpc) is 2.90. The number of amides is 2. The molecule has 1 aliphatic heterocycles. The molecule has 0 spiro atoms. The van der Waals surface area contributed by atoms with Crippen LogP contribution in [0.2, 0.25) is 0 Å². The lowest BCUT2D eigenvalue weighted by Gasteiger charge is -2.17. The van der Waals surface area contributed by atoms with Crippen LogP contribution in [0.25, 0.3) is 0 Å². The first-order valence-corrected chi connectivity index (χ1v) is 7.39. The molecule has 0 saturated carbocycles. The molecular formula is C18H18N2O2. The van der Waals surface area contributed by atoms with E-state index in [-0.39, 0.29) is 11.8 Å². The predicted molar refractivity (Wildman–Crippen MR) is 85.8 cm³/mol. The van der Waals surface area contributed by atoms with Gasteiger partial charge < -0.3 is 10.2 Å². The number of benzene rings is 2. The standard InChI is InChI=1S/C18H18N2O2/c1-13-7-9-15(10-8-13)20-12-11-16(18(20)22)19-17(21)14-5-3-2-4-6-14/h2-10,16H,11-12H2,1H3,(H,19,21)/t16-/m1/s1. The van der Waals surface area contributed by atoms with E-state index in [0.29, 0.717) is 18.5 Å². The second kappa shape index (κ2) is 6.02. The van der Waals surface area contributed by atoms with Crippen molar-refractivity contribution in [3.63, 3.8) is 0 Å². The zero-order valence-corrected chi connectivity index (χ0v) is 12.5. The van der Waals surface area contributed by atoms with Gasteiger partial charge in [0.05, 0.1) is 0 Å². The van der Waals surface area contributed by atoms with Crippen molar-refractivity contribution in [2.45, 2.75) is 19.4 Å². The number of anilines is 1. The van der Waals surface area contributed by atoms with Crippen molar-refractivity contribution in [1.29, 1.82) is 0 Å². The molecular weight excluding hydrogens is 276 g/mol. The summed E-state index contributed by atoms with van der Waals surface area (Å²) >= 11 is 0. The predicted octanol–water partition coefficient (Wildman–Crippen LogP) is 2.53. The number of nitrogens with one attached hydrogen (secondary N) is 1. The van der Waals surface area contributed by atoms with Gasteiger partial charge in [0.2, 0.25) is 5.91 Å². The van der Waals surface area contributed by atoms with Gasteiger partial charge in [-0.25, -0.2) is 0 Å². The molecule has 1 N–H and O–H groups in total. The van der Waals surface area contributed by atoms with Crippen molar-refractivity contribution in [2.75, 3.05) is 11.4 Å². The summed E-state index contributed by atoms with van der Waals surface area (Å²) in [6.07, 6.45) is 0.630. The van der Waals surface area contributed by atoms with Gasteiger partial charge in [-0.05, 0) is 37.6 Å². The Bertz CT molecular complexity index is 680. The van der Waals surface area contributed by atoms with E-state index in [9.17, 15) is 9.59 Å². The Hall–Kier alpha value is -2.62. The van der Waals surface area contributed by atoms with E-state index < -0.39 is 6.04 Å². The van der Waals surface area contributed by atoms with E-state index in [0.717, 1.165) is 11.3 Å². The topological polar surface area (TPSA) is 49.4 Å². The highest BCUT2D eigenvalue weighted by molar-refractivity contribution is 6.03. The Kier molecular flexibility index (Phi) is 3.92. The number of nitrogens with zero attached hydrogens (tertiary/aromatic N) is 1. The number of carbonyl (C=O) groups excluding carboxylic acids is 2. The van der Waals surface area contributed by atoms with Gasteiger partial charge in [-0.15, -0.1) is 0 Å². The van der Waals surface area contributed by atoms with Crippen LogP contribution in [0.1, 0.15) is 22.3 Å². The fraction of sp³-hybridized carbons (Fsp3) is 0.222. The second-order valence-corrected chi connectivity index (χ2v) is 5.51. The highest BCUT2D eigenvalue weighted by Gasteiger charge is 2.33. The summed E-state index contributed by atoms with van der Waals surface area (Å²) in [5, 5.41) is 2.83. The lowest BCUT2D eigenvalue weighted by molar-refractivity contribution is -0.118. The monoisotopic (exact) mass is 294 g/mol. The summed E-state index contributed by atoms with van der Waals surface area (Å²) in [7, 11) is 0. The summed E-state index contributed by atoms with van der Waals surface area (Å²) in [6, 6.07) is 16.4. The van der Waals surface area contributed by atoms with E-state index in [1.807, 2.05) is 49.4 Å². The van der Waals surface area contributed by atoms with Crippen molar-refractivity contribution < 1.29 is 9.59 Å². The molecule has 0 radical (unpaired) electrons. The lowest BCUT2D eigenvalue weighted by Crippen LogP contribution is -2.41. The Labute approximate surface area is 129 Å². The van der Waals surface area contributed by atoms with Gasteiger partial charge in [0.15, 0.2) is 0 Å². The molecule has 0 aromatic heterocycles. The van der Waals surface area contributed by atoms with Gasteiger partial charge in [0, 0.05) is 17.8 Å². The van der Waals surface area contributed by atoms with Crippen LogP contribution in [0.5, 0.6) is 0 Å². The molecule has 3 rings (SSSR count). The fourth-order valence-corrected chi connectivity index (χ4v) is 2.63. The van der Waals surface area contributed by atoms with Crippen LogP contribution in [0, 0.1) is 6.92 Å². The third-order valence-corrected chi connectivity index (χ3v) is 3.89. The van der Waals surface area contributed by atoms with Crippen LogP contribution >= 0.6 is 0 Å². The summed E-state index contributed by atoms with van der Waals surface area (Å²) in [5.74, 6) is -0.252. The van der Waals surface area contributed by atoms with Crippen molar-refractivity contribution in [3.05, 3.63) is 65.7 Å². The number of aryl methyl sites for hydroxylation is 1. The number of carbonyl (C=O) groups is 2. The van der Waals surface area contributed by atoms with E-state index in [4.69, 9.17) is 0 Å². The Morgan fingerprint density at radius 3 is 2.45 bits per heavy atom. The highest BCUT2D eigenvalue weighted by Crippen LogP contribution is 2.22. The molecule has 1 saturated heterocycles. The normalized spacial score (nSPS) is 17.6. The Morgan fingerprint density at radius 1 is 1.09 bits per heavy atom. The van der Waals surface area contributed by atoms with Crippen LogP contribution in [0.15, 0.2) is 54.6 Å². The van der Waals surface area contributed by atoms with Gasteiger partial charge in [0.1, 0.15) is 6.04 Å². The molecule has 0 unspecified atom stereocenters. The minimum Gasteiger partial charge on any atom is -0.340 e. The maximum Gasteiger partial charge on any atom is 0.251 e. The summed E-state index contributed by atoms with van der Waals surface area (Å²) < 4.78 is 0. The Morgan fingerprint density at radius 2 is 1.77 bits per heavy atom. The highest BCUT2D eigenvalue weighted by atomic mass is 16.2. The minimum atomic E-state index is -0.450. The van der Waals surface area contributed by atoms with Gasteiger partial charge in [0.25, 0.3) is 5.91 Å². The van der Waals surface area contributed by atoms with Crippen molar-refractivity contribution in [2.24, 2.45) is 0 Å². The maximum atomic E-state index is 12.5. The van der Waals surface area contributed by atoms with Crippen LogP contribution in [-0.2, 0) is 4.79 Å². The third kappa shape index (κ3) is 2.86. The largest absolute Gasteiger partial charge is 0.340 e. The molecule has 112 valence electrons. The molecule has 2 amide bonds. The first-order valence-electron chi connectivity index (χ1n) is 7.39. The molecule has 2 aromatic rings. The average molecular weight is 294 g/mol. The molecule has 1 aliphatic rings. The number of rotatable bonds is 3. The minimum absolute atomic E-state index is 0.0480. The van der Waals surface area contributed by atoms with Crippen LogP contribution in [-0.4, -0.2) is 24.4 Å². The van der Waals surface area contributed by atoms with Gasteiger partial charge in [-0.3, -0.25) is 9.59 Å². The number of hydrogen-bond donors (Lipinski definition) is 1. The fourth-order valence-electron chi connectivity index (χ4n) is 2.63. The van der Waals surface area contributed by atoms with Gasteiger partial charge in [-0.2, -0.15) is 0 Å². The molecule has 1 fully saturated rings. The molecule has 22 heavy (non-hydrogen) atoms. The second-order valence-electron chi connectivity index (χ2n) is 5.51. The van der Waals surface area contributed by atoms with Crippen molar-refractivity contribution in [1.82, 2.24) is 5.32 Å². The number of hydrogen-bond acceptors (Lipinski definition) is 2. The first kappa shape index (κ1) is 14.3. The van der Waals surface area contributed by atoms with E-state index in [2.05, 4.69) is 5.32 Å². The first-order chi connectivity index (χ1) is 10.6. The Balaban J connectivity index is 1.69. The zero-order valence-electron chi connectivity index (χ0n) is 12.5. The van der Waals surface area contributed by atoms with E-state index >= 15 is 0 Å². The van der Waals surface area contributed by atoms with Gasteiger partial charge >= 0.3 is 0 Å². The summed E-state index contributed by atoms with van der Waals surface area (Å²) in [5.41, 5.74) is 2.61. The van der Waals surface area contributed by atoms with Crippen LogP contribution < -0.4 is 10.2 Å². The van der Waals surface area contributed by atoms with E-state index in [1.165, 1.54) is 0 Å².